The van der Waals surface area contributed by atoms with E-state index >= 15 is 0 Å². The lowest BCUT2D eigenvalue weighted by Gasteiger charge is -2.34. The second-order valence-corrected chi connectivity index (χ2v) is 5.90. The molecule has 1 amide bonds. The zero-order valence-corrected chi connectivity index (χ0v) is 13.8. The Morgan fingerprint density at radius 2 is 2.24 bits per heavy atom. The van der Waals surface area contributed by atoms with Gasteiger partial charge in [-0.1, -0.05) is 0 Å². The molecular formula is C17H18N6O2. The van der Waals surface area contributed by atoms with Gasteiger partial charge in [0.15, 0.2) is 5.82 Å². The quantitative estimate of drug-likeness (QED) is 0.782. The maximum Gasteiger partial charge on any atom is 0.256 e. The highest BCUT2D eigenvalue weighted by molar-refractivity contribution is 5.94. The lowest BCUT2D eigenvalue weighted by Crippen LogP contribution is -2.43. The second kappa shape index (κ2) is 6.48. The maximum atomic E-state index is 13.0. The van der Waals surface area contributed by atoms with Gasteiger partial charge in [-0.3, -0.25) is 4.79 Å². The first-order valence-electron chi connectivity index (χ1n) is 8.08. The number of amides is 1. The van der Waals surface area contributed by atoms with E-state index in [1.165, 1.54) is 0 Å². The number of nitrogens with zero attached hydrogens (tertiary/aromatic N) is 5. The normalized spacial score (nSPS) is 17.6. The van der Waals surface area contributed by atoms with Crippen molar-refractivity contribution in [3.8, 4) is 5.82 Å². The number of hydrogen-bond donors (Lipinski definition) is 1. The Labute approximate surface area is 144 Å². The summed E-state index contributed by atoms with van der Waals surface area (Å²) in [5, 5.41) is 4.13. The summed E-state index contributed by atoms with van der Waals surface area (Å²) in [6.45, 7) is 3.40. The van der Waals surface area contributed by atoms with Crippen molar-refractivity contribution in [1.29, 1.82) is 0 Å². The minimum Gasteiger partial charge on any atom is -0.377 e. The fraction of sp³-hybridized carbons (Fsp3) is 0.294. The smallest absolute Gasteiger partial charge is 0.256 e. The van der Waals surface area contributed by atoms with Gasteiger partial charge < -0.3 is 14.6 Å². The number of ether oxygens (including phenoxy) is 1. The van der Waals surface area contributed by atoms with Crippen molar-refractivity contribution in [2.24, 2.45) is 0 Å². The summed E-state index contributed by atoms with van der Waals surface area (Å²) in [6.07, 6.45) is 6.83. The molecule has 0 saturated carbocycles. The molecule has 1 atom stereocenters. The Morgan fingerprint density at radius 3 is 2.92 bits per heavy atom. The van der Waals surface area contributed by atoms with Crippen LogP contribution in [-0.4, -0.2) is 55.3 Å². The predicted molar refractivity (Wildman–Crippen MR) is 89.3 cm³/mol. The van der Waals surface area contributed by atoms with Crippen molar-refractivity contribution < 1.29 is 9.53 Å². The largest absolute Gasteiger partial charge is 0.377 e. The van der Waals surface area contributed by atoms with Crippen molar-refractivity contribution >= 4 is 5.91 Å². The van der Waals surface area contributed by atoms with Gasteiger partial charge in [-0.05, 0) is 25.1 Å². The third kappa shape index (κ3) is 3.03. The fourth-order valence-electron chi connectivity index (χ4n) is 2.89. The van der Waals surface area contributed by atoms with E-state index in [2.05, 4.69) is 20.1 Å². The summed E-state index contributed by atoms with van der Waals surface area (Å²) >= 11 is 0. The average Bonchev–Trinajstić information content (AvgIpc) is 3.33. The lowest BCUT2D eigenvalue weighted by atomic mass is 10.1. The van der Waals surface area contributed by atoms with Crippen LogP contribution in [0.15, 0.2) is 43.0 Å². The highest BCUT2D eigenvalue weighted by atomic mass is 16.5. The molecule has 1 N–H and O–H groups in total. The number of aromatic nitrogens is 5. The Balaban J connectivity index is 1.58. The molecule has 4 rings (SSSR count). The summed E-state index contributed by atoms with van der Waals surface area (Å²) in [6, 6.07) is 5.16. The molecule has 8 heteroatoms. The zero-order valence-electron chi connectivity index (χ0n) is 13.8. The van der Waals surface area contributed by atoms with Crippen molar-refractivity contribution in [1.82, 2.24) is 29.6 Å². The highest BCUT2D eigenvalue weighted by Gasteiger charge is 2.31. The van der Waals surface area contributed by atoms with E-state index in [9.17, 15) is 4.79 Å². The predicted octanol–water partition coefficient (Wildman–Crippen LogP) is 1.51. The molecule has 1 fully saturated rings. The molecule has 0 aliphatic carbocycles. The third-order valence-corrected chi connectivity index (χ3v) is 4.16. The van der Waals surface area contributed by atoms with Gasteiger partial charge in [0.2, 0.25) is 0 Å². The molecule has 0 bridgehead atoms. The fourth-order valence-corrected chi connectivity index (χ4v) is 2.89. The molecule has 1 saturated heterocycles. The van der Waals surface area contributed by atoms with Crippen molar-refractivity contribution in [2.45, 2.75) is 13.0 Å². The number of imidazole rings is 1. The first-order valence-corrected chi connectivity index (χ1v) is 8.08. The van der Waals surface area contributed by atoms with E-state index in [1.807, 2.05) is 13.0 Å². The molecule has 8 nitrogen and oxygen atoms in total. The van der Waals surface area contributed by atoms with Crippen LogP contribution in [0, 0.1) is 6.92 Å². The summed E-state index contributed by atoms with van der Waals surface area (Å²) < 4.78 is 7.20. The summed E-state index contributed by atoms with van der Waals surface area (Å²) in [7, 11) is 0. The monoisotopic (exact) mass is 338 g/mol. The molecule has 0 spiro atoms. The highest BCUT2D eigenvalue weighted by Crippen LogP contribution is 2.24. The zero-order chi connectivity index (χ0) is 17.2. The van der Waals surface area contributed by atoms with Gasteiger partial charge >= 0.3 is 0 Å². The van der Waals surface area contributed by atoms with Gasteiger partial charge in [-0.2, -0.15) is 5.10 Å². The van der Waals surface area contributed by atoms with Crippen LogP contribution in [-0.2, 0) is 4.74 Å². The van der Waals surface area contributed by atoms with Crippen LogP contribution in [0.4, 0.5) is 0 Å². The van der Waals surface area contributed by atoms with E-state index in [4.69, 9.17) is 4.74 Å². The number of aryl methyl sites for hydroxylation is 1. The van der Waals surface area contributed by atoms with Gasteiger partial charge in [0, 0.05) is 37.0 Å². The summed E-state index contributed by atoms with van der Waals surface area (Å²) in [4.78, 5) is 26.6. The van der Waals surface area contributed by atoms with Crippen LogP contribution in [0.2, 0.25) is 0 Å². The van der Waals surface area contributed by atoms with Gasteiger partial charge in [-0.15, -0.1) is 0 Å². The minimum absolute atomic E-state index is 0.0816. The molecule has 25 heavy (non-hydrogen) atoms. The minimum atomic E-state index is -0.222. The van der Waals surface area contributed by atoms with Crippen molar-refractivity contribution in [2.75, 3.05) is 19.8 Å². The number of H-pyrrole nitrogens is 1. The van der Waals surface area contributed by atoms with E-state index in [0.717, 1.165) is 11.5 Å². The topological polar surface area (TPSA) is 88.9 Å². The van der Waals surface area contributed by atoms with Gasteiger partial charge in [-0.25, -0.2) is 14.6 Å². The molecule has 1 unspecified atom stereocenters. The first kappa shape index (κ1) is 15.5. The molecule has 1 aliphatic rings. The Hall–Kier alpha value is -3.00. The number of hydrogen-bond acceptors (Lipinski definition) is 5. The van der Waals surface area contributed by atoms with Crippen molar-refractivity contribution in [3.05, 3.63) is 60.1 Å². The summed E-state index contributed by atoms with van der Waals surface area (Å²) in [5.41, 5.74) is 1.49. The first-order chi connectivity index (χ1) is 12.2. The standard InChI is InChI=1S/C17H18N6O2/c1-12-9-19-16(21-12)14-11-25-8-7-22(14)17(24)13-3-4-15(18-10-13)23-6-2-5-20-23/h2-6,9-10,14H,7-8,11H2,1H3,(H,19,21). The molecule has 3 aromatic heterocycles. The van der Waals surface area contributed by atoms with Crippen LogP contribution >= 0.6 is 0 Å². The van der Waals surface area contributed by atoms with E-state index in [0.29, 0.717) is 31.1 Å². The number of nitrogens with one attached hydrogen (secondary N) is 1. The number of carbonyl (C=O) groups is 1. The Kier molecular flexibility index (Phi) is 4.02. The molecular weight excluding hydrogens is 320 g/mol. The summed E-state index contributed by atoms with van der Waals surface area (Å²) in [5.74, 6) is 1.33. The van der Waals surface area contributed by atoms with Crippen LogP contribution in [0.1, 0.15) is 27.9 Å². The number of aromatic amines is 1. The SMILES string of the molecule is Cc1cnc(C2COCCN2C(=O)c2ccc(-n3cccn3)nc2)[nH]1. The number of morpholine rings is 1. The molecule has 4 heterocycles. The Bertz CT molecular complexity index is 856. The lowest BCUT2D eigenvalue weighted by molar-refractivity contribution is -0.00503. The Morgan fingerprint density at radius 1 is 1.32 bits per heavy atom. The van der Waals surface area contributed by atoms with Crippen LogP contribution < -0.4 is 0 Å². The molecule has 3 aromatic rings. The third-order valence-electron chi connectivity index (χ3n) is 4.16. The maximum absolute atomic E-state index is 13.0. The van der Waals surface area contributed by atoms with Crippen LogP contribution in [0.25, 0.3) is 5.82 Å². The number of pyridine rings is 1. The molecule has 0 aromatic carbocycles. The van der Waals surface area contributed by atoms with Crippen LogP contribution in [0.3, 0.4) is 0 Å². The average molecular weight is 338 g/mol. The van der Waals surface area contributed by atoms with E-state index in [-0.39, 0.29) is 11.9 Å². The number of carbonyl (C=O) groups excluding carboxylic acids is 1. The van der Waals surface area contributed by atoms with Gasteiger partial charge in [0.25, 0.3) is 5.91 Å². The van der Waals surface area contributed by atoms with E-state index in [1.54, 1.807) is 46.5 Å². The van der Waals surface area contributed by atoms with Gasteiger partial charge in [0.1, 0.15) is 11.9 Å². The van der Waals surface area contributed by atoms with E-state index < -0.39 is 0 Å². The van der Waals surface area contributed by atoms with Gasteiger partial charge in [0.05, 0.1) is 18.8 Å². The molecule has 128 valence electrons. The molecule has 0 radical (unpaired) electrons. The van der Waals surface area contributed by atoms with Crippen LogP contribution in [0.5, 0.6) is 0 Å². The van der Waals surface area contributed by atoms with Crippen molar-refractivity contribution in [3.63, 3.8) is 0 Å². The molecule has 1 aliphatic heterocycles. The number of rotatable bonds is 3. The second-order valence-electron chi connectivity index (χ2n) is 5.90.